The molecule has 7 heteroatoms. The molecule has 0 radical (unpaired) electrons. The lowest BCUT2D eigenvalue weighted by molar-refractivity contribution is -0.118. The molecular formula is C22H21FN2O4. The number of para-hydroxylation sites is 2. The average molecular weight is 396 g/mol. The van der Waals surface area contributed by atoms with Crippen molar-refractivity contribution in [2.45, 2.75) is 32.1 Å². The maximum Gasteiger partial charge on any atom is 0.262 e. The Bertz CT molecular complexity index is 1000. The van der Waals surface area contributed by atoms with Crippen LogP contribution in [0.4, 0.5) is 15.8 Å². The number of ether oxygens (including phenoxy) is 1. The van der Waals surface area contributed by atoms with E-state index in [1.165, 1.54) is 12.1 Å². The summed E-state index contributed by atoms with van der Waals surface area (Å²) in [6, 6.07) is 9.73. The highest BCUT2D eigenvalue weighted by atomic mass is 19.1. The van der Waals surface area contributed by atoms with E-state index in [0.29, 0.717) is 29.9 Å². The highest BCUT2D eigenvalue weighted by Gasteiger charge is 2.32. The molecule has 0 saturated carbocycles. The summed E-state index contributed by atoms with van der Waals surface area (Å²) in [5.74, 6) is -1.01. The Hall–Kier alpha value is -3.22. The van der Waals surface area contributed by atoms with Gasteiger partial charge in [-0.25, -0.2) is 4.39 Å². The van der Waals surface area contributed by atoms with Gasteiger partial charge < -0.3 is 15.0 Å². The van der Waals surface area contributed by atoms with Crippen LogP contribution < -0.4 is 15.0 Å². The number of nitrogens with one attached hydrogen (secondary N) is 1. The Morgan fingerprint density at radius 3 is 2.79 bits per heavy atom. The number of carbonyl (C=O) groups is 3. The molecule has 1 saturated heterocycles. The average Bonchev–Trinajstić information content (AvgIpc) is 3.25. The zero-order valence-electron chi connectivity index (χ0n) is 16.0. The first-order chi connectivity index (χ1) is 14.0. The summed E-state index contributed by atoms with van der Waals surface area (Å²) in [6.45, 7) is 2.08. The third-order valence-electron chi connectivity index (χ3n) is 5.32. The minimum absolute atomic E-state index is 0.0254. The van der Waals surface area contributed by atoms with Gasteiger partial charge in [0, 0.05) is 24.9 Å². The van der Waals surface area contributed by atoms with Crippen molar-refractivity contribution in [2.24, 2.45) is 0 Å². The Balaban J connectivity index is 1.48. The molecule has 2 aliphatic rings. The fourth-order valence-corrected chi connectivity index (χ4v) is 3.99. The molecule has 1 N–H and O–H groups in total. The Morgan fingerprint density at radius 2 is 2.03 bits per heavy atom. The highest BCUT2D eigenvalue weighted by Crippen LogP contribution is 2.39. The second-order valence-corrected chi connectivity index (χ2v) is 7.37. The number of fused-ring (bicyclic) bond motifs is 1. The Labute approximate surface area is 167 Å². The molecule has 6 nitrogen and oxygen atoms in total. The van der Waals surface area contributed by atoms with E-state index in [9.17, 15) is 18.8 Å². The van der Waals surface area contributed by atoms with Crippen molar-refractivity contribution in [3.63, 3.8) is 0 Å². The molecule has 0 bridgehead atoms. The first-order valence-corrected chi connectivity index (χ1v) is 9.63. The van der Waals surface area contributed by atoms with Crippen LogP contribution in [0, 0.1) is 5.82 Å². The van der Waals surface area contributed by atoms with Gasteiger partial charge in [0.25, 0.3) is 5.91 Å². The van der Waals surface area contributed by atoms with Gasteiger partial charge >= 0.3 is 0 Å². The van der Waals surface area contributed by atoms with Crippen LogP contribution >= 0.6 is 0 Å². The number of rotatable bonds is 5. The van der Waals surface area contributed by atoms with Crippen LogP contribution in [0.3, 0.4) is 0 Å². The Morgan fingerprint density at radius 1 is 1.24 bits per heavy atom. The molecule has 0 unspecified atom stereocenters. The molecule has 1 heterocycles. The molecule has 150 valence electrons. The van der Waals surface area contributed by atoms with E-state index in [-0.39, 0.29) is 41.9 Å². The van der Waals surface area contributed by atoms with Gasteiger partial charge in [0.05, 0.1) is 16.9 Å². The largest absolute Gasteiger partial charge is 0.483 e. The summed E-state index contributed by atoms with van der Waals surface area (Å²) < 4.78 is 19.6. The van der Waals surface area contributed by atoms with Gasteiger partial charge in [-0.05, 0) is 36.6 Å². The standard InChI is InChI=1S/C22H21FN2O4/c1-13-11-17(26)22-18(9-8-14(23)21(13)22)29-12-19(27)24-15-5-2-3-6-16(15)25-10-4-7-20(25)28/h2-3,5-6,8-9,13H,4,7,10-12H2,1H3,(H,24,27)/t13-/m0/s1. The van der Waals surface area contributed by atoms with E-state index in [4.69, 9.17) is 4.74 Å². The molecule has 4 rings (SSSR count). The number of benzene rings is 2. The maximum atomic E-state index is 14.1. The number of anilines is 2. The summed E-state index contributed by atoms with van der Waals surface area (Å²) in [5, 5.41) is 2.76. The molecule has 1 fully saturated rings. The van der Waals surface area contributed by atoms with Crippen molar-refractivity contribution in [3.8, 4) is 5.75 Å². The third-order valence-corrected chi connectivity index (χ3v) is 5.32. The summed E-state index contributed by atoms with van der Waals surface area (Å²) in [6.07, 6.45) is 1.51. The van der Waals surface area contributed by atoms with Crippen molar-refractivity contribution in [3.05, 3.63) is 53.3 Å². The number of ketones is 1. The van der Waals surface area contributed by atoms with Gasteiger partial charge in [0.15, 0.2) is 12.4 Å². The molecule has 0 spiro atoms. The second-order valence-electron chi connectivity index (χ2n) is 7.37. The van der Waals surface area contributed by atoms with Gasteiger partial charge in [0.1, 0.15) is 11.6 Å². The topological polar surface area (TPSA) is 75.7 Å². The van der Waals surface area contributed by atoms with Crippen molar-refractivity contribution in [2.75, 3.05) is 23.4 Å². The van der Waals surface area contributed by atoms with Crippen molar-refractivity contribution in [1.29, 1.82) is 0 Å². The predicted molar refractivity (Wildman–Crippen MR) is 106 cm³/mol. The van der Waals surface area contributed by atoms with Crippen LogP contribution in [0.5, 0.6) is 5.75 Å². The van der Waals surface area contributed by atoms with Crippen LogP contribution in [0.1, 0.15) is 48.0 Å². The van der Waals surface area contributed by atoms with E-state index in [2.05, 4.69) is 5.32 Å². The highest BCUT2D eigenvalue weighted by molar-refractivity contribution is 6.04. The Kier molecular flexibility index (Phi) is 5.05. The molecule has 1 aliphatic carbocycles. The monoisotopic (exact) mass is 396 g/mol. The summed E-state index contributed by atoms with van der Waals surface area (Å²) in [7, 11) is 0. The molecule has 2 aromatic rings. The van der Waals surface area contributed by atoms with E-state index in [1.54, 1.807) is 30.0 Å². The van der Waals surface area contributed by atoms with E-state index in [0.717, 1.165) is 6.42 Å². The van der Waals surface area contributed by atoms with Crippen molar-refractivity contribution >= 4 is 29.0 Å². The first-order valence-electron chi connectivity index (χ1n) is 9.63. The summed E-state index contributed by atoms with van der Waals surface area (Å²) >= 11 is 0. The second kappa shape index (κ2) is 7.66. The number of carbonyl (C=O) groups excluding carboxylic acids is 3. The van der Waals surface area contributed by atoms with Gasteiger partial charge in [0.2, 0.25) is 5.91 Å². The fourth-order valence-electron chi connectivity index (χ4n) is 3.99. The number of amides is 2. The van der Waals surface area contributed by atoms with Crippen LogP contribution in [0.25, 0.3) is 0 Å². The van der Waals surface area contributed by atoms with Gasteiger partial charge in [-0.2, -0.15) is 0 Å². The molecular weight excluding hydrogens is 375 g/mol. The van der Waals surface area contributed by atoms with Crippen LogP contribution in [-0.4, -0.2) is 30.7 Å². The van der Waals surface area contributed by atoms with Crippen molar-refractivity contribution in [1.82, 2.24) is 0 Å². The van der Waals surface area contributed by atoms with E-state index in [1.807, 2.05) is 6.07 Å². The van der Waals surface area contributed by atoms with Gasteiger partial charge in [-0.1, -0.05) is 19.1 Å². The summed E-state index contributed by atoms with van der Waals surface area (Å²) in [4.78, 5) is 38.4. The molecule has 2 aromatic carbocycles. The third kappa shape index (κ3) is 3.60. The zero-order chi connectivity index (χ0) is 20.5. The maximum absolute atomic E-state index is 14.1. The minimum atomic E-state index is -0.431. The fraction of sp³-hybridized carbons (Fsp3) is 0.318. The van der Waals surface area contributed by atoms with Crippen LogP contribution in [0.2, 0.25) is 0 Å². The molecule has 29 heavy (non-hydrogen) atoms. The quantitative estimate of drug-likeness (QED) is 0.837. The predicted octanol–water partition coefficient (Wildman–Crippen LogP) is 3.66. The number of nitrogens with zero attached hydrogens (tertiary/aromatic N) is 1. The lowest BCUT2D eigenvalue weighted by atomic mass is 10.0. The number of halogens is 1. The van der Waals surface area contributed by atoms with E-state index < -0.39 is 11.7 Å². The SMILES string of the molecule is C[C@H]1CC(=O)c2c(OCC(=O)Nc3ccccc3N3CCCC3=O)ccc(F)c21. The molecule has 2 amide bonds. The van der Waals surface area contributed by atoms with E-state index >= 15 is 0 Å². The molecule has 1 aliphatic heterocycles. The summed E-state index contributed by atoms with van der Waals surface area (Å²) in [5.41, 5.74) is 1.75. The number of hydrogen-bond acceptors (Lipinski definition) is 4. The smallest absolute Gasteiger partial charge is 0.262 e. The lowest BCUT2D eigenvalue weighted by Gasteiger charge is -2.20. The van der Waals surface area contributed by atoms with Gasteiger partial charge in [-0.3, -0.25) is 14.4 Å². The number of Topliss-reactive ketones (excluding diaryl/α,β-unsaturated/α-hetero) is 1. The van der Waals surface area contributed by atoms with Crippen LogP contribution in [-0.2, 0) is 9.59 Å². The number of hydrogen-bond donors (Lipinski definition) is 1. The molecule has 0 aromatic heterocycles. The van der Waals surface area contributed by atoms with Gasteiger partial charge in [-0.15, -0.1) is 0 Å². The normalized spacial score (nSPS) is 18.1. The first kappa shape index (κ1) is 19.1. The van der Waals surface area contributed by atoms with Crippen LogP contribution in [0.15, 0.2) is 36.4 Å². The zero-order valence-corrected chi connectivity index (χ0v) is 16.0. The molecule has 1 atom stereocenters. The van der Waals surface area contributed by atoms with Crippen molar-refractivity contribution < 1.29 is 23.5 Å². The minimum Gasteiger partial charge on any atom is -0.483 e. The lowest BCUT2D eigenvalue weighted by Crippen LogP contribution is -2.27.